The van der Waals surface area contributed by atoms with Gasteiger partial charge < -0.3 is 10.6 Å². The van der Waals surface area contributed by atoms with Gasteiger partial charge in [-0.1, -0.05) is 13.8 Å². The average Bonchev–Trinajstić information content (AvgIpc) is 2.50. The van der Waals surface area contributed by atoms with Crippen molar-refractivity contribution in [3.8, 4) is 0 Å². The maximum atomic E-state index is 11.6. The highest BCUT2D eigenvalue weighted by Crippen LogP contribution is 2.28. The van der Waals surface area contributed by atoms with Gasteiger partial charge in [0.1, 0.15) is 0 Å². The molecule has 1 saturated carbocycles. The number of aliphatic imine (C=N–C) groups is 1. The van der Waals surface area contributed by atoms with E-state index >= 15 is 0 Å². The molecule has 1 aliphatic carbocycles. The molecule has 2 atom stereocenters. The second-order valence-corrected chi connectivity index (χ2v) is 9.80. The Labute approximate surface area is 170 Å². The molecule has 0 aromatic heterocycles. The minimum Gasteiger partial charge on any atom is -0.356 e. The van der Waals surface area contributed by atoms with Crippen LogP contribution in [0.3, 0.4) is 0 Å². The molecule has 0 aromatic carbocycles. The molecule has 2 fully saturated rings. The fourth-order valence-corrected chi connectivity index (χ4v) is 5.01. The lowest BCUT2D eigenvalue weighted by molar-refractivity contribution is 0.253. The van der Waals surface area contributed by atoms with E-state index in [0.29, 0.717) is 25.0 Å². The maximum Gasteiger partial charge on any atom is 0.211 e. The van der Waals surface area contributed by atoms with Crippen LogP contribution in [0.2, 0.25) is 0 Å². The lowest BCUT2D eigenvalue weighted by atomic mass is 9.80. The molecule has 0 radical (unpaired) electrons. The van der Waals surface area contributed by atoms with E-state index in [-0.39, 0.29) is 24.0 Å². The Hall–Kier alpha value is -0.0900. The number of nitrogens with zero attached hydrogens (tertiary/aromatic N) is 2. The average molecular weight is 486 g/mol. The first-order valence-corrected chi connectivity index (χ1v) is 11.0. The van der Waals surface area contributed by atoms with Crippen molar-refractivity contribution in [1.29, 1.82) is 0 Å². The van der Waals surface area contributed by atoms with Crippen LogP contribution in [0, 0.1) is 17.8 Å². The first-order valence-electron chi connectivity index (χ1n) is 9.20. The van der Waals surface area contributed by atoms with Crippen molar-refractivity contribution in [3.63, 3.8) is 0 Å². The van der Waals surface area contributed by atoms with Gasteiger partial charge in [0.2, 0.25) is 10.0 Å². The molecule has 1 heterocycles. The summed E-state index contributed by atoms with van der Waals surface area (Å²) in [7, 11) is -1.22. The summed E-state index contributed by atoms with van der Waals surface area (Å²) in [6.07, 6.45) is 6.85. The maximum absolute atomic E-state index is 11.6. The van der Waals surface area contributed by atoms with Crippen LogP contribution in [-0.4, -0.2) is 57.7 Å². The number of hydrogen-bond donors (Lipinski definition) is 2. The molecule has 1 aliphatic heterocycles. The Bertz CT molecular complexity index is 523. The van der Waals surface area contributed by atoms with Crippen molar-refractivity contribution in [2.24, 2.45) is 22.7 Å². The highest BCUT2D eigenvalue weighted by atomic mass is 127. The summed E-state index contributed by atoms with van der Waals surface area (Å²) in [5, 5.41) is 7.01. The molecule has 0 amide bonds. The third-order valence-electron chi connectivity index (χ3n) is 5.34. The van der Waals surface area contributed by atoms with E-state index in [1.165, 1.54) is 25.5 Å². The number of hydrogen-bond acceptors (Lipinski definition) is 3. The van der Waals surface area contributed by atoms with E-state index < -0.39 is 10.0 Å². The summed E-state index contributed by atoms with van der Waals surface area (Å²) in [6, 6.07) is 0.502. The van der Waals surface area contributed by atoms with E-state index in [1.807, 2.05) is 7.05 Å². The van der Waals surface area contributed by atoms with Gasteiger partial charge in [-0.2, -0.15) is 0 Å². The Balaban J connectivity index is 0.00000312. The van der Waals surface area contributed by atoms with E-state index in [4.69, 9.17) is 0 Å². The SMILES string of the molecule is CN=C(NCC1CCN(S(C)(=O)=O)CC1)NC1CC(C)CC(C)C1.I. The van der Waals surface area contributed by atoms with Crippen LogP contribution >= 0.6 is 24.0 Å². The Kier molecular flexibility index (Phi) is 9.45. The molecule has 148 valence electrons. The molecule has 1 saturated heterocycles. The van der Waals surface area contributed by atoms with Crippen LogP contribution in [0.5, 0.6) is 0 Å². The molecule has 0 spiro atoms. The minimum absolute atomic E-state index is 0. The number of piperidine rings is 1. The van der Waals surface area contributed by atoms with Gasteiger partial charge in [0.25, 0.3) is 0 Å². The number of nitrogens with one attached hydrogen (secondary N) is 2. The number of guanidine groups is 1. The lowest BCUT2D eigenvalue weighted by Gasteiger charge is -2.34. The third-order valence-corrected chi connectivity index (χ3v) is 6.65. The Morgan fingerprint density at radius 3 is 2.16 bits per heavy atom. The monoisotopic (exact) mass is 486 g/mol. The normalized spacial score (nSPS) is 29.8. The van der Waals surface area contributed by atoms with Gasteiger partial charge in [0.05, 0.1) is 6.26 Å². The molecule has 2 rings (SSSR count). The smallest absolute Gasteiger partial charge is 0.211 e. The molecule has 25 heavy (non-hydrogen) atoms. The van der Waals surface area contributed by atoms with Crippen LogP contribution in [0.1, 0.15) is 46.0 Å². The topological polar surface area (TPSA) is 73.8 Å². The summed E-state index contributed by atoms with van der Waals surface area (Å²) < 4.78 is 24.7. The van der Waals surface area contributed by atoms with E-state index in [9.17, 15) is 8.42 Å². The van der Waals surface area contributed by atoms with Crippen molar-refractivity contribution in [3.05, 3.63) is 0 Å². The predicted molar refractivity (Wildman–Crippen MR) is 115 cm³/mol. The summed E-state index contributed by atoms with van der Waals surface area (Å²) in [6.45, 7) is 6.78. The summed E-state index contributed by atoms with van der Waals surface area (Å²) >= 11 is 0. The van der Waals surface area contributed by atoms with Crippen molar-refractivity contribution in [2.45, 2.75) is 52.0 Å². The van der Waals surface area contributed by atoms with Crippen LogP contribution in [0.15, 0.2) is 4.99 Å². The second kappa shape index (κ2) is 10.3. The van der Waals surface area contributed by atoms with Gasteiger partial charge in [-0.15, -0.1) is 24.0 Å². The van der Waals surface area contributed by atoms with Gasteiger partial charge in [0, 0.05) is 32.7 Å². The molecule has 6 nitrogen and oxygen atoms in total. The summed E-state index contributed by atoms with van der Waals surface area (Å²) in [4.78, 5) is 4.36. The van der Waals surface area contributed by atoms with Crippen LogP contribution in [0.4, 0.5) is 0 Å². The van der Waals surface area contributed by atoms with E-state index in [2.05, 4.69) is 29.5 Å². The number of rotatable bonds is 4. The van der Waals surface area contributed by atoms with E-state index in [0.717, 1.165) is 37.2 Å². The van der Waals surface area contributed by atoms with Gasteiger partial charge >= 0.3 is 0 Å². The first-order chi connectivity index (χ1) is 11.3. The first kappa shape index (κ1) is 23.0. The lowest BCUT2D eigenvalue weighted by Crippen LogP contribution is -2.48. The number of halogens is 1. The fraction of sp³-hybridized carbons (Fsp3) is 0.941. The van der Waals surface area contributed by atoms with Gasteiger partial charge in [-0.05, 0) is 49.9 Å². The van der Waals surface area contributed by atoms with Gasteiger partial charge in [0.15, 0.2) is 5.96 Å². The predicted octanol–water partition coefficient (Wildman–Crippen LogP) is 2.27. The highest BCUT2D eigenvalue weighted by Gasteiger charge is 2.26. The van der Waals surface area contributed by atoms with Crippen LogP contribution in [0.25, 0.3) is 0 Å². The van der Waals surface area contributed by atoms with Crippen molar-refractivity contribution >= 4 is 40.0 Å². The highest BCUT2D eigenvalue weighted by molar-refractivity contribution is 14.0. The quantitative estimate of drug-likeness (QED) is 0.363. The molecule has 0 aromatic rings. The zero-order valence-corrected chi connectivity index (χ0v) is 19.1. The minimum atomic E-state index is -3.04. The second-order valence-electron chi connectivity index (χ2n) is 7.82. The van der Waals surface area contributed by atoms with Crippen LogP contribution in [-0.2, 0) is 10.0 Å². The number of sulfonamides is 1. The van der Waals surface area contributed by atoms with Crippen molar-refractivity contribution in [2.75, 3.05) is 32.9 Å². The zero-order valence-electron chi connectivity index (χ0n) is 16.0. The molecular weight excluding hydrogens is 451 g/mol. The Morgan fingerprint density at radius 1 is 1.12 bits per heavy atom. The summed E-state index contributed by atoms with van der Waals surface area (Å²) in [5.41, 5.74) is 0. The molecular formula is C17H35IN4O2S. The third kappa shape index (κ3) is 7.58. The van der Waals surface area contributed by atoms with E-state index in [1.54, 1.807) is 4.31 Å². The standard InChI is InChI=1S/C17H34N4O2S.HI/c1-13-9-14(2)11-16(10-13)20-17(18-3)19-12-15-5-7-21(8-6-15)24(4,22)23;/h13-16H,5-12H2,1-4H3,(H2,18,19,20);1H. The molecule has 0 bridgehead atoms. The van der Waals surface area contributed by atoms with Crippen molar-refractivity contribution in [1.82, 2.24) is 14.9 Å². The van der Waals surface area contributed by atoms with Gasteiger partial charge in [-0.3, -0.25) is 4.99 Å². The fourth-order valence-electron chi connectivity index (χ4n) is 4.14. The molecule has 2 N–H and O–H groups in total. The molecule has 2 unspecified atom stereocenters. The summed E-state index contributed by atoms with van der Waals surface area (Å²) in [5.74, 6) is 2.92. The zero-order chi connectivity index (χ0) is 17.7. The molecule has 2 aliphatic rings. The Morgan fingerprint density at radius 2 is 1.68 bits per heavy atom. The van der Waals surface area contributed by atoms with Crippen LogP contribution < -0.4 is 10.6 Å². The van der Waals surface area contributed by atoms with Crippen molar-refractivity contribution < 1.29 is 8.42 Å². The molecule has 8 heteroatoms. The largest absolute Gasteiger partial charge is 0.356 e. The van der Waals surface area contributed by atoms with Gasteiger partial charge in [-0.25, -0.2) is 12.7 Å².